The standard InChI is InChI=1S/C9H19NO3/c1-13-5-3-2-4-10-6-8(11)9(12)7-10/h8-9,11-12H,2-7H2,1H3/t8-,9+. The van der Waals surface area contributed by atoms with Gasteiger partial charge in [0.25, 0.3) is 0 Å². The van der Waals surface area contributed by atoms with Crippen LogP contribution >= 0.6 is 0 Å². The third-order valence-corrected chi connectivity index (χ3v) is 2.41. The van der Waals surface area contributed by atoms with Gasteiger partial charge in [0.05, 0.1) is 12.2 Å². The summed E-state index contributed by atoms with van der Waals surface area (Å²) in [6.45, 7) is 2.94. The summed E-state index contributed by atoms with van der Waals surface area (Å²) in [6.07, 6.45) is 0.997. The van der Waals surface area contributed by atoms with Gasteiger partial charge >= 0.3 is 0 Å². The Hall–Kier alpha value is -0.160. The normalized spacial score (nSPS) is 29.8. The number of rotatable bonds is 5. The summed E-state index contributed by atoms with van der Waals surface area (Å²) in [5.74, 6) is 0. The van der Waals surface area contributed by atoms with Gasteiger partial charge in [-0.2, -0.15) is 0 Å². The van der Waals surface area contributed by atoms with E-state index in [9.17, 15) is 10.2 Å². The van der Waals surface area contributed by atoms with Gasteiger partial charge in [0.1, 0.15) is 0 Å². The van der Waals surface area contributed by atoms with E-state index in [-0.39, 0.29) is 0 Å². The van der Waals surface area contributed by atoms with Crippen molar-refractivity contribution in [2.24, 2.45) is 0 Å². The fourth-order valence-corrected chi connectivity index (χ4v) is 1.61. The van der Waals surface area contributed by atoms with E-state index in [1.54, 1.807) is 7.11 Å². The van der Waals surface area contributed by atoms with Crippen LogP contribution in [0.1, 0.15) is 12.8 Å². The zero-order valence-corrected chi connectivity index (χ0v) is 8.15. The second kappa shape index (κ2) is 5.54. The highest BCUT2D eigenvalue weighted by Crippen LogP contribution is 2.10. The van der Waals surface area contributed by atoms with Crippen LogP contribution in [0.4, 0.5) is 0 Å². The molecule has 4 heteroatoms. The molecule has 0 aromatic heterocycles. The Balaban J connectivity index is 2.03. The summed E-state index contributed by atoms with van der Waals surface area (Å²) in [6, 6.07) is 0. The highest BCUT2D eigenvalue weighted by Gasteiger charge is 2.28. The number of aliphatic hydroxyl groups excluding tert-OH is 2. The van der Waals surface area contributed by atoms with E-state index in [1.807, 2.05) is 0 Å². The molecule has 0 aromatic carbocycles. The number of aliphatic hydroxyl groups is 2. The van der Waals surface area contributed by atoms with Crippen molar-refractivity contribution in [2.45, 2.75) is 25.0 Å². The highest BCUT2D eigenvalue weighted by atomic mass is 16.5. The predicted octanol–water partition coefficient (Wildman–Crippen LogP) is -0.550. The Labute approximate surface area is 79.1 Å². The summed E-state index contributed by atoms with van der Waals surface area (Å²) in [5.41, 5.74) is 0. The van der Waals surface area contributed by atoms with Crippen molar-refractivity contribution in [3.8, 4) is 0 Å². The Morgan fingerprint density at radius 2 is 1.85 bits per heavy atom. The van der Waals surface area contributed by atoms with Gasteiger partial charge in [-0.15, -0.1) is 0 Å². The van der Waals surface area contributed by atoms with Crippen LogP contribution in [0, 0.1) is 0 Å². The predicted molar refractivity (Wildman–Crippen MR) is 49.6 cm³/mol. The zero-order valence-electron chi connectivity index (χ0n) is 8.15. The molecule has 2 N–H and O–H groups in total. The Kier molecular flexibility index (Phi) is 4.66. The molecular formula is C9H19NO3. The van der Waals surface area contributed by atoms with Crippen LogP contribution < -0.4 is 0 Å². The highest BCUT2D eigenvalue weighted by molar-refractivity contribution is 4.82. The number of methoxy groups -OCH3 is 1. The molecule has 1 fully saturated rings. The van der Waals surface area contributed by atoms with E-state index in [0.717, 1.165) is 26.0 Å². The molecule has 1 rings (SSSR count). The number of nitrogens with zero attached hydrogens (tertiary/aromatic N) is 1. The lowest BCUT2D eigenvalue weighted by Gasteiger charge is -2.13. The van der Waals surface area contributed by atoms with Crippen molar-refractivity contribution in [1.29, 1.82) is 0 Å². The van der Waals surface area contributed by atoms with Crippen LogP contribution in [0.5, 0.6) is 0 Å². The van der Waals surface area contributed by atoms with E-state index in [0.29, 0.717) is 13.1 Å². The molecule has 0 spiro atoms. The maximum absolute atomic E-state index is 9.25. The molecular weight excluding hydrogens is 170 g/mol. The van der Waals surface area contributed by atoms with Gasteiger partial charge in [0, 0.05) is 26.8 Å². The van der Waals surface area contributed by atoms with Crippen LogP contribution in [0.3, 0.4) is 0 Å². The Morgan fingerprint density at radius 3 is 2.38 bits per heavy atom. The number of likely N-dealkylation sites (tertiary alicyclic amines) is 1. The molecule has 13 heavy (non-hydrogen) atoms. The second-order valence-corrected chi connectivity index (χ2v) is 3.59. The van der Waals surface area contributed by atoms with Gasteiger partial charge in [-0.25, -0.2) is 0 Å². The molecule has 0 aliphatic carbocycles. The van der Waals surface area contributed by atoms with Crippen molar-refractivity contribution in [2.75, 3.05) is 33.4 Å². The molecule has 4 nitrogen and oxygen atoms in total. The molecule has 0 radical (unpaired) electrons. The van der Waals surface area contributed by atoms with Crippen molar-refractivity contribution in [3.05, 3.63) is 0 Å². The van der Waals surface area contributed by atoms with Crippen LogP contribution in [0.25, 0.3) is 0 Å². The van der Waals surface area contributed by atoms with Gasteiger partial charge in [0.15, 0.2) is 0 Å². The largest absolute Gasteiger partial charge is 0.389 e. The maximum Gasteiger partial charge on any atom is 0.0938 e. The molecule has 0 bridgehead atoms. The summed E-state index contributed by atoms with van der Waals surface area (Å²) in [7, 11) is 1.70. The minimum absolute atomic E-state index is 0.553. The average molecular weight is 189 g/mol. The molecule has 78 valence electrons. The monoisotopic (exact) mass is 189 g/mol. The third-order valence-electron chi connectivity index (χ3n) is 2.41. The first kappa shape index (κ1) is 10.9. The Bertz CT molecular complexity index is 133. The number of β-amino-alcohol motifs (C(OH)–C–C–N with tert-alkyl or cyclic N) is 2. The van der Waals surface area contributed by atoms with Crippen molar-refractivity contribution < 1.29 is 14.9 Å². The fourth-order valence-electron chi connectivity index (χ4n) is 1.61. The molecule has 1 aliphatic heterocycles. The number of ether oxygens (including phenoxy) is 1. The summed E-state index contributed by atoms with van der Waals surface area (Å²) in [5, 5.41) is 18.5. The number of unbranched alkanes of at least 4 members (excludes halogenated alkanes) is 1. The van der Waals surface area contributed by atoms with Crippen molar-refractivity contribution in [3.63, 3.8) is 0 Å². The molecule has 1 saturated heterocycles. The molecule has 0 unspecified atom stereocenters. The van der Waals surface area contributed by atoms with E-state index in [2.05, 4.69) is 4.90 Å². The van der Waals surface area contributed by atoms with Crippen molar-refractivity contribution >= 4 is 0 Å². The average Bonchev–Trinajstić information content (AvgIpc) is 2.41. The Morgan fingerprint density at radius 1 is 1.23 bits per heavy atom. The number of hydrogen-bond acceptors (Lipinski definition) is 4. The lowest BCUT2D eigenvalue weighted by Crippen LogP contribution is -2.23. The summed E-state index contributed by atoms with van der Waals surface area (Å²) in [4.78, 5) is 2.09. The van der Waals surface area contributed by atoms with Crippen molar-refractivity contribution in [1.82, 2.24) is 4.90 Å². The maximum atomic E-state index is 9.25. The van der Waals surface area contributed by atoms with Gasteiger partial charge in [-0.3, -0.25) is 4.90 Å². The molecule has 1 heterocycles. The van der Waals surface area contributed by atoms with Gasteiger partial charge in [-0.05, 0) is 19.4 Å². The lowest BCUT2D eigenvalue weighted by molar-refractivity contribution is 0.0572. The smallest absolute Gasteiger partial charge is 0.0938 e. The minimum atomic E-state index is -0.553. The fraction of sp³-hybridized carbons (Fsp3) is 1.00. The molecule has 0 amide bonds. The van der Waals surface area contributed by atoms with E-state index < -0.39 is 12.2 Å². The van der Waals surface area contributed by atoms with Gasteiger partial charge in [-0.1, -0.05) is 0 Å². The molecule has 1 aliphatic rings. The molecule has 0 saturated carbocycles. The molecule has 0 aromatic rings. The van der Waals surface area contributed by atoms with E-state index in [4.69, 9.17) is 4.74 Å². The van der Waals surface area contributed by atoms with Crippen LogP contribution in [-0.2, 0) is 4.74 Å². The minimum Gasteiger partial charge on any atom is -0.389 e. The van der Waals surface area contributed by atoms with Crippen LogP contribution in [0.2, 0.25) is 0 Å². The van der Waals surface area contributed by atoms with Gasteiger partial charge in [0.2, 0.25) is 0 Å². The first-order chi connectivity index (χ1) is 6.24. The van der Waals surface area contributed by atoms with Gasteiger partial charge < -0.3 is 14.9 Å². The van der Waals surface area contributed by atoms with Crippen LogP contribution in [0.15, 0.2) is 0 Å². The quantitative estimate of drug-likeness (QED) is 0.570. The number of hydrogen-bond donors (Lipinski definition) is 2. The third kappa shape index (κ3) is 3.60. The lowest BCUT2D eigenvalue weighted by atomic mass is 10.3. The zero-order chi connectivity index (χ0) is 9.68. The first-order valence-corrected chi connectivity index (χ1v) is 4.81. The van der Waals surface area contributed by atoms with E-state index >= 15 is 0 Å². The summed E-state index contributed by atoms with van der Waals surface area (Å²) < 4.78 is 4.93. The molecule has 2 atom stereocenters. The first-order valence-electron chi connectivity index (χ1n) is 4.81. The second-order valence-electron chi connectivity index (χ2n) is 3.59. The summed E-state index contributed by atoms with van der Waals surface area (Å²) >= 11 is 0. The van der Waals surface area contributed by atoms with Crippen LogP contribution in [-0.4, -0.2) is 60.7 Å². The topological polar surface area (TPSA) is 52.9 Å². The van der Waals surface area contributed by atoms with E-state index in [1.165, 1.54) is 0 Å². The SMILES string of the molecule is COCCCCN1C[C@@H](O)[C@@H](O)C1.